The minimum absolute atomic E-state index is 0.0169. The van der Waals surface area contributed by atoms with Gasteiger partial charge in [-0.2, -0.15) is 15.1 Å². The van der Waals surface area contributed by atoms with Crippen LogP contribution in [-0.2, 0) is 20.6 Å². The van der Waals surface area contributed by atoms with E-state index in [-0.39, 0.29) is 49.1 Å². The molecule has 5 aliphatic rings. The largest absolute Gasteiger partial charge is 0.508 e. The highest BCUT2D eigenvalue weighted by Gasteiger charge is 2.47. The first-order chi connectivity index (χ1) is 22.9. The lowest BCUT2D eigenvalue weighted by Crippen LogP contribution is -2.43. The van der Waals surface area contributed by atoms with Crippen LogP contribution in [0.4, 0.5) is 19.4 Å². The van der Waals surface area contributed by atoms with Crippen LogP contribution in [0.5, 0.6) is 6.01 Å². The summed E-state index contributed by atoms with van der Waals surface area (Å²) in [5, 5.41) is 8.46. The third-order valence-corrected chi connectivity index (χ3v) is 9.92. The maximum absolute atomic E-state index is 17.0. The van der Waals surface area contributed by atoms with Gasteiger partial charge in [0.1, 0.15) is 29.7 Å². The maximum Gasteiger partial charge on any atom is 0.508 e. The molecule has 0 radical (unpaired) electrons. The van der Waals surface area contributed by atoms with Crippen LogP contribution in [0.25, 0.3) is 33.1 Å². The molecule has 3 fully saturated rings. The molecule has 12 nitrogen and oxygen atoms in total. The van der Waals surface area contributed by atoms with E-state index in [1.54, 1.807) is 18.5 Å². The van der Waals surface area contributed by atoms with Crippen molar-refractivity contribution >= 4 is 45.4 Å². The second kappa shape index (κ2) is 12.1. The number of hydrogen-bond donors (Lipinski definition) is 1. The SMILES string of the molecule is O=C1OCCCc2c(Cl)cc3[nH]ncc3c2-c2ncc3c(nc(OC[C@@]45CCCN4C/C(=C\F)C5)nc3c2F)N2CCOC[C@H](C2)O1. The lowest BCUT2D eigenvalue weighted by molar-refractivity contribution is -0.00448. The normalized spacial score (nSPS) is 24.5. The fraction of sp³-hybridized carbons (Fsp3) is 0.469. The van der Waals surface area contributed by atoms with E-state index in [1.807, 2.05) is 4.90 Å². The molecule has 9 rings (SSSR count). The van der Waals surface area contributed by atoms with Crippen molar-refractivity contribution in [3.8, 4) is 17.3 Å². The van der Waals surface area contributed by atoms with Crippen molar-refractivity contribution in [2.24, 2.45) is 0 Å². The number of aromatic amines is 1. The van der Waals surface area contributed by atoms with E-state index < -0.39 is 18.1 Å². The lowest BCUT2D eigenvalue weighted by Gasteiger charge is -2.31. The summed E-state index contributed by atoms with van der Waals surface area (Å²) in [4.78, 5) is 30.8. The Hall–Kier alpha value is -4.14. The van der Waals surface area contributed by atoms with Gasteiger partial charge in [0.15, 0.2) is 5.82 Å². The summed E-state index contributed by atoms with van der Waals surface area (Å²) in [7, 11) is 0. The smallest absolute Gasteiger partial charge is 0.461 e. The minimum Gasteiger partial charge on any atom is -0.461 e. The van der Waals surface area contributed by atoms with Crippen LogP contribution in [-0.4, -0.2) is 100 Å². The Morgan fingerprint density at radius 1 is 1.19 bits per heavy atom. The van der Waals surface area contributed by atoms with E-state index in [0.717, 1.165) is 25.0 Å². The summed E-state index contributed by atoms with van der Waals surface area (Å²) in [6, 6.07) is 1.71. The van der Waals surface area contributed by atoms with Gasteiger partial charge >= 0.3 is 12.2 Å². The van der Waals surface area contributed by atoms with Crippen LogP contribution in [0, 0.1) is 5.82 Å². The minimum atomic E-state index is -0.810. The molecule has 1 aromatic carbocycles. The molecule has 4 aromatic rings. The van der Waals surface area contributed by atoms with Gasteiger partial charge in [0.25, 0.3) is 0 Å². The number of rotatable bonds is 3. The zero-order valence-electron chi connectivity index (χ0n) is 25.4. The van der Waals surface area contributed by atoms with Gasteiger partial charge < -0.3 is 23.8 Å². The molecule has 0 spiro atoms. The van der Waals surface area contributed by atoms with Crippen molar-refractivity contribution in [3.05, 3.63) is 46.8 Å². The van der Waals surface area contributed by atoms with Crippen molar-refractivity contribution in [1.82, 2.24) is 30.0 Å². The van der Waals surface area contributed by atoms with Crippen LogP contribution < -0.4 is 9.64 Å². The first-order valence-electron chi connectivity index (χ1n) is 15.8. The molecule has 6 bridgehead atoms. The number of nitrogens with one attached hydrogen (secondary N) is 1. The topological polar surface area (TPSA) is 128 Å². The molecule has 8 heterocycles. The van der Waals surface area contributed by atoms with Gasteiger partial charge in [0.2, 0.25) is 0 Å². The van der Waals surface area contributed by atoms with Crippen molar-refractivity contribution in [2.45, 2.75) is 43.7 Å². The van der Waals surface area contributed by atoms with Crippen LogP contribution in [0.3, 0.4) is 0 Å². The first-order valence-corrected chi connectivity index (χ1v) is 16.1. The molecule has 5 aliphatic heterocycles. The number of nitrogens with zero attached hydrogens (tertiary/aromatic N) is 6. The fourth-order valence-corrected chi connectivity index (χ4v) is 7.68. The number of halogens is 3. The summed E-state index contributed by atoms with van der Waals surface area (Å²) in [5.74, 6) is -0.303. The van der Waals surface area contributed by atoms with Crippen LogP contribution in [0.2, 0.25) is 5.02 Å². The second-order valence-electron chi connectivity index (χ2n) is 12.5. The predicted molar refractivity (Wildman–Crippen MR) is 168 cm³/mol. The third-order valence-electron chi connectivity index (χ3n) is 9.58. The first kappa shape index (κ1) is 30.2. The summed E-state index contributed by atoms with van der Waals surface area (Å²) in [6.07, 6.45) is 5.47. The molecule has 0 saturated carbocycles. The molecular weight excluding hydrogens is 636 g/mol. The highest BCUT2D eigenvalue weighted by atomic mass is 35.5. The van der Waals surface area contributed by atoms with Gasteiger partial charge in [-0.15, -0.1) is 0 Å². The number of carbonyl (C=O) groups excluding carboxylic acids is 1. The molecule has 0 aliphatic carbocycles. The Morgan fingerprint density at radius 3 is 3.00 bits per heavy atom. The Labute approximate surface area is 273 Å². The van der Waals surface area contributed by atoms with Gasteiger partial charge in [0, 0.05) is 35.3 Å². The molecule has 246 valence electrons. The summed E-state index contributed by atoms with van der Waals surface area (Å²) < 4.78 is 53.6. The van der Waals surface area contributed by atoms with Crippen molar-refractivity contribution in [2.75, 3.05) is 57.5 Å². The van der Waals surface area contributed by atoms with E-state index in [2.05, 4.69) is 25.1 Å². The van der Waals surface area contributed by atoms with E-state index in [4.69, 9.17) is 35.5 Å². The number of anilines is 1. The Morgan fingerprint density at radius 2 is 2.11 bits per heavy atom. The number of pyridine rings is 1. The molecule has 3 saturated heterocycles. The average molecular weight is 668 g/mol. The molecule has 0 amide bonds. The van der Waals surface area contributed by atoms with Gasteiger partial charge in [-0.1, -0.05) is 11.6 Å². The number of ether oxygens (including phenoxy) is 4. The Balaban J connectivity index is 1.29. The number of H-pyrrole nitrogens is 1. The number of carbonyl (C=O) groups is 1. The Bertz CT molecular complexity index is 1910. The maximum atomic E-state index is 17.0. The standard InChI is InChI=1S/C32H32ClF2N7O5/c33-23-9-24-21(13-37-40-24)25-20(23)3-1-7-45-31(43)47-19-15-41(6-8-44-16-19)29-22-12-36-28(25)26(35)27(22)38-30(39-29)46-17-32-4-2-5-42(32)14-18(10-32)11-34/h9,11-13,19H,1-8,10,14-17H2,(H,37,40)/b18-11-/t19-,32-/m0/s1. The van der Waals surface area contributed by atoms with E-state index >= 15 is 4.39 Å². The second-order valence-corrected chi connectivity index (χ2v) is 12.9. The van der Waals surface area contributed by atoms with E-state index in [1.165, 1.54) is 0 Å². The molecular formula is C32H32ClF2N7O5. The Kier molecular flexibility index (Phi) is 7.81. The van der Waals surface area contributed by atoms with Gasteiger partial charge in [0.05, 0.1) is 55.3 Å². The number of aromatic nitrogens is 5. The average Bonchev–Trinajstić information content (AvgIpc) is 3.72. The number of fused-ring (bicyclic) bond motifs is 8. The van der Waals surface area contributed by atoms with Gasteiger partial charge in [-0.3, -0.25) is 15.0 Å². The van der Waals surface area contributed by atoms with Crippen molar-refractivity contribution in [1.29, 1.82) is 0 Å². The van der Waals surface area contributed by atoms with Gasteiger partial charge in [-0.25, -0.2) is 13.6 Å². The lowest BCUT2D eigenvalue weighted by atomic mass is 9.94. The van der Waals surface area contributed by atoms with Crippen LogP contribution in [0.15, 0.2) is 30.4 Å². The van der Waals surface area contributed by atoms with Crippen LogP contribution in [0.1, 0.15) is 31.2 Å². The summed E-state index contributed by atoms with van der Waals surface area (Å²) >= 11 is 6.76. The molecule has 15 heteroatoms. The van der Waals surface area contributed by atoms with Crippen LogP contribution >= 0.6 is 11.6 Å². The third kappa shape index (κ3) is 5.41. The predicted octanol–water partition coefficient (Wildman–Crippen LogP) is 5.14. The highest BCUT2D eigenvalue weighted by molar-refractivity contribution is 6.33. The quantitative estimate of drug-likeness (QED) is 0.292. The van der Waals surface area contributed by atoms with Crippen molar-refractivity contribution < 1.29 is 32.5 Å². The zero-order valence-corrected chi connectivity index (χ0v) is 26.2. The summed E-state index contributed by atoms with van der Waals surface area (Å²) in [6.45, 7) is 2.72. The van der Waals surface area contributed by atoms with E-state index in [0.29, 0.717) is 83.5 Å². The number of benzene rings is 1. The molecule has 0 unspecified atom stereocenters. The van der Waals surface area contributed by atoms with Crippen molar-refractivity contribution in [3.63, 3.8) is 0 Å². The molecule has 47 heavy (non-hydrogen) atoms. The monoisotopic (exact) mass is 667 g/mol. The van der Waals surface area contributed by atoms with E-state index in [9.17, 15) is 9.18 Å². The summed E-state index contributed by atoms with van der Waals surface area (Å²) in [5.41, 5.74) is 2.12. The fourth-order valence-electron chi connectivity index (χ4n) is 7.39. The number of hydrogen-bond acceptors (Lipinski definition) is 11. The van der Waals surface area contributed by atoms with Gasteiger partial charge in [-0.05, 0) is 55.9 Å². The zero-order chi connectivity index (χ0) is 32.1. The highest BCUT2D eigenvalue weighted by Crippen LogP contribution is 2.43. The molecule has 2 atom stereocenters. The molecule has 3 aromatic heterocycles. The molecule has 1 N–H and O–H groups in total.